The minimum Gasteiger partial charge on any atom is -0.487 e. The van der Waals surface area contributed by atoms with Crippen LogP contribution in [0, 0.1) is 12.7 Å². The second kappa shape index (κ2) is 8.76. The van der Waals surface area contributed by atoms with Gasteiger partial charge in [-0.3, -0.25) is 4.79 Å². The number of aromatic amines is 1. The summed E-state index contributed by atoms with van der Waals surface area (Å²) in [5, 5.41) is 4.31. The van der Waals surface area contributed by atoms with Crippen LogP contribution < -0.4 is 20.4 Å². The molecule has 0 unspecified atom stereocenters. The second-order valence-electron chi connectivity index (χ2n) is 9.56. The number of aromatic nitrogens is 1. The van der Waals surface area contributed by atoms with Gasteiger partial charge in [-0.2, -0.15) is 0 Å². The lowest BCUT2D eigenvalue weighted by molar-refractivity contribution is -0.123. The van der Waals surface area contributed by atoms with E-state index in [0.717, 1.165) is 28.5 Å². The van der Waals surface area contributed by atoms with Crippen molar-refractivity contribution >= 4 is 27.8 Å². The first-order valence-corrected chi connectivity index (χ1v) is 11.6. The molecule has 0 radical (unpaired) electrons. The van der Waals surface area contributed by atoms with Crippen LogP contribution in [0.5, 0.6) is 11.5 Å². The molecule has 0 bridgehead atoms. The third-order valence-electron chi connectivity index (χ3n) is 6.41. The number of nitrogens with one attached hydrogen (secondary N) is 2. The van der Waals surface area contributed by atoms with Gasteiger partial charge in [-0.1, -0.05) is 0 Å². The van der Waals surface area contributed by atoms with E-state index in [1.54, 1.807) is 12.1 Å². The van der Waals surface area contributed by atoms with Gasteiger partial charge in [-0.15, -0.1) is 0 Å². The van der Waals surface area contributed by atoms with Gasteiger partial charge in [-0.25, -0.2) is 9.18 Å². The predicted octanol–water partition coefficient (Wildman–Crippen LogP) is 4.56. The average molecular weight is 479 g/mol. The number of aryl methyl sites for hydroxylation is 2. The molecule has 2 aromatic carbocycles. The number of hydrogen-bond acceptors (Lipinski definition) is 5. The molecule has 35 heavy (non-hydrogen) atoms. The molecular weight excluding hydrogens is 451 g/mol. The molecule has 2 N–H and O–H groups in total. The quantitative estimate of drug-likeness (QED) is 0.396. The first-order valence-electron chi connectivity index (χ1n) is 11.6. The van der Waals surface area contributed by atoms with E-state index < -0.39 is 5.63 Å². The fraction of sp³-hybridized carbons (Fsp3) is 0.333. The summed E-state index contributed by atoms with van der Waals surface area (Å²) in [7, 11) is 0. The van der Waals surface area contributed by atoms with Crippen molar-refractivity contribution < 1.29 is 23.1 Å². The first-order chi connectivity index (χ1) is 16.7. The molecule has 8 heteroatoms. The van der Waals surface area contributed by atoms with Crippen LogP contribution in [-0.2, 0) is 17.6 Å². The molecule has 182 valence electrons. The highest BCUT2D eigenvalue weighted by Gasteiger charge is 2.30. The van der Waals surface area contributed by atoms with Gasteiger partial charge in [0.1, 0.15) is 28.5 Å². The van der Waals surface area contributed by atoms with Crippen molar-refractivity contribution in [3.05, 3.63) is 69.5 Å². The zero-order chi connectivity index (χ0) is 24.7. The molecule has 0 fully saturated rings. The number of H-pyrrole nitrogens is 1. The van der Waals surface area contributed by atoms with Crippen LogP contribution in [0.3, 0.4) is 0 Å². The number of hydrogen-bond donors (Lipinski definition) is 2. The highest BCUT2D eigenvalue weighted by Crippen LogP contribution is 2.42. The van der Waals surface area contributed by atoms with Crippen molar-refractivity contribution in [1.29, 1.82) is 0 Å². The first kappa shape index (κ1) is 23.0. The zero-order valence-electron chi connectivity index (χ0n) is 19.9. The van der Waals surface area contributed by atoms with Gasteiger partial charge in [0.15, 0.2) is 6.61 Å². The lowest BCUT2D eigenvalue weighted by atomic mass is 9.92. The lowest BCUT2D eigenvalue weighted by Gasteiger charge is -2.33. The maximum absolute atomic E-state index is 13.6. The fourth-order valence-corrected chi connectivity index (χ4v) is 4.62. The van der Waals surface area contributed by atoms with Gasteiger partial charge >= 0.3 is 5.63 Å². The van der Waals surface area contributed by atoms with Crippen LogP contribution in [0.15, 0.2) is 45.7 Å². The van der Waals surface area contributed by atoms with Gasteiger partial charge in [0.2, 0.25) is 0 Å². The molecule has 1 aliphatic rings. The Labute approximate surface area is 201 Å². The normalized spacial score (nSPS) is 14.5. The van der Waals surface area contributed by atoms with Crippen LogP contribution in [0.2, 0.25) is 0 Å². The van der Waals surface area contributed by atoms with E-state index in [9.17, 15) is 14.0 Å². The third kappa shape index (κ3) is 4.60. The van der Waals surface area contributed by atoms with Crippen molar-refractivity contribution in [3.63, 3.8) is 0 Å². The monoisotopic (exact) mass is 478 g/mol. The van der Waals surface area contributed by atoms with Gasteiger partial charge < -0.3 is 24.2 Å². The SMILES string of the molecule is Cc1cc(=O)oc2c3c(cc(OCC(=O)NCCc4c[nH]c5ccc(F)cc45)c12)OC(C)(C)CC3. The Kier molecular flexibility index (Phi) is 5.75. The van der Waals surface area contributed by atoms with E-state index in [0.29, 0.717) is 47.4 Å². The maximum Gasteiger partial charge on any atom is 0.336 e. The molecule has 0 atom stereocenters. The highest BCUT2D eigenvalue weighted by molar-refractivity contribution is 5.91. The van der Waals surface area contributed by atoms with Crippen LogP contribution in [0.1, 0.15) is 37.0 Å². The maximum atomic E-state index is 13.6. The van der Waals surface area contributed by atoms with Gasteiger partial charge in [-0.05, 0) is 69.4 Å². The largest absolute Gasteiger partial charge is 0.487 e. The average Bonchev–Trinajstić information content (AvgIpc) is 3.18. The highest BCUT2D eigenvalue weighted by atomic mass is 19.1. The summed E-state index contributed by atoms with van der Waals surface area (Å²) in [5.74, 6) is 0.439. The topological polar surface area (TPSA) is 93.6 Å². The molecule has 0 saturated heterocycles. The summed E-state index contributed by atoms with van der Waals surface area (Å²) in [5.41, 5.74) is 2.98. The Bertz CT molecular complexity index is 1500. The predicted molar refractivity (Wildman–Crippen MR) is 131 cm³/mol. The summed E-state index contributed by atoms with van der Waals surface area (Å²) in [6.45, 7) is 5.99. The molecule has 4 aromatic rings. The van der Waals surface area contributed by atoms with Crippen molar-refractivity contribution in [1.82, 2.24) is 10.3 Å². The van der Waals surface area contributed by atoms with E-state index in [4.69, 9.17) is 13.9 Å². The van der Waals surface area contributed by atoms with Gasteiger partial charge in [0.25, 0.3) is 5.91 Å². The Morgan fingerprint density at radius 2 is 2.09 bits per heavy atom. The van der Waals surface area contributed by atoms with Crippen LogP contribution >= 0.6 is 0 Å². The second-order valence-corrected chi connectivity index (χ2v) is 9.56. The van der Waals surface area contributed by atoms with Crippen molar-refractivity contribution in [2.75, 3.05) is 13.2 Å². The van der Waals surface area contributed by atoms with E-state index in [2.05, 4.69) is 10.3 Å². The Morgan fingerprint density at radius 1 is 1.26 bits per heavy atom. The lowest BCUT2D eigenvalue weighted by Crippen LogP contribution is -2.33. The number of carbonyl (C=O) groups excluding carboxylic acids is 1. The van der Waals surface area contributed by atoms with E-state index in [1.807, 2.05) is 27.0 Å². The molecule has 0 aliphatic carbocycles. The van der Waals surface area contributed by atoms with E-state index in [-0.39, 0.29) is 23.9 Å². The van der Waals surface area contributed by atoms with E-state index in [1.165, 1.54) is 18.2 Å². The molecule has 3 heterocycles. The Balaban J connectivity index is 1.31. The molecule has 1 amide bonds. The fourth-order valence-electron chi connectivity index (χ4n) is 4.62. The number of fused-ring (bicyclic) bond motifs is 4. The third-order valence-corrected chi connectivity index (χ3v) is 6.41. The number of benzene rings is 2. The summed E-state index contributed by atoms with van der Waals surface area (Å²) in [4.78, 5) is 27.7. The number of ether oxygens (including phenoxy) is 2. The minimum atomic E-state index is -0.436. The van der Waals surface area contributed by atoms with Crippen molar-refractivity contribution in [2.45, 2.75) is 45.6 Å². The summed E-state index contributed by atoms with van der Waals surface area (Å²) < 4.78 is 31.2. The standard InChI is InChI=1S/C27H27FN2O5/c1-15-10-24(32)34-26-18-6-8-27(2,3)35-21(18)12-22(25(15)26)33-14-23(31)29-9-7-16-13-30-20-5-4-17(28)11-19(16)20/h4-5,10-13,30H,6-9,14H2,1-3H3,(H,29,31). The molecule has 7 nitrogen and oxygen atoms in total. The van der Waals surface area contributed by atoms with Crippen molar-refractivity contribution in [2.24, 2.45) is 0 Å². The van der Waals surface area contributed by atoms with Crippen LogP contribution in [0.4, 0.5) is 4.39 Å². The zero-order valence-corrected chi connectivity index (χ0v) is 19.9. The number of amides is 1. The summed E-state index contributed by atoms with van der Waals surface area (Å²) >= 11 is 0. The van der Waals surface area contributed by atoms with Gasteiger partial charge in [0.05, 0.1) is 5.39 Å². The molecular formula is C27H27FN2O5. The minimum absolute atomic E-state index is 0.210. The number of carbonyl (C=O) groups is 1. The number of rotatable bonds is 6. The Hall–Kier alpha value is -3.81. The summed E-state index contributed by atoms with van der Waals surface area (Å²) in [6.07, 6.45) is 3.87. The molecule has 0 saturated carbocycles. The molecule has 2 aromatic heterocycles. The Morgan fingerprint density at radius 3 is 2.91 bits per heavy atom. The molecule has 5 rings (SSSR count). The van der Waals surface area contributed by atoms with Crippen LogP contribution in [-0.4, -0.2) is 29.6 Å². The van der Waals surface area contributed by atoms with Crippen molar-refractivity contribution in [3.8, 4) is 11.5 Å². The smallest absolute Gasteiger partial charge is 0.336 e. The van der Waals surface area contributed by atoms with E-state index >= 15 is 0 Å². The van der Waals surface area contributed by atoms with Gasteiger partial charge in [0, 0.05) is 41.3 Å². The number of halogens is 1. The van der Waals surface area contributed by atoms with Crippen LogP contribution in [0.25, 0.3) is 21.9 Å². The molecule has 1 aliphatic heterocycles. The summed E-state index contributed by atoms with van der Waals surface area (Å²) in [6, 6.07) is 7.78. The molecule has 0 spiro atoms.